The van der Waals surface area contributed by atoms with Crippen LogP contribution in [0.2, 0.25) is 0 Å². The van der Waals surface area contributed by atoms with Gasteiger partial charge in [-0.3, -0.25) is 4.79 Å². The first-order valence-electron chi connectivity index (χ1n) is 6.08. The molecular weight excluding hydrogens is 190 g/mol. The Morgan fingerprint density at radius 3 is 2.47 bits per heavy atom. The minimum Gasteiger partial charge on any atom is -0.396 e. The van der Waals surface area contributed by atoms with Gasteiger partial charge in [0.15, 0.2) is 0 Å². The lowest BCUT2D eigenvalue weighted by Gasteiger charge is -2.27. The number of hydrogen-bond donors (Lipinski definition) is 2. The van der Waals surface area contributed by atoms with E-state index in [2.05, 4.69) is 12.2 Å². The molecule has 1 fully saturated rings. The normalized spacial score (nSPS) is 28.5. The van der Waals surface area contributed by atoms with Crippen molar-refractivity contribution in [2.75, 3.05) is 6.61 Å². The van der Waals surface area contributed by atoms with Crippen LogP contribution >= 0.6 is 0 Å². The molecule has 0 heterocycles. The molecule has 1 aliphatic carbocycles. The average molecular weight is 213 g/mol. The molecule has 1 saturated carbocycles. The first-order valence-corrected chi connectivity index (χ1v) is 6.08. The topological polar surface area (TPSA) is 49.3 Å². The van der Waals surface area contributed by atoms with Crippen LogP contribution in [0.1, 0.15) is 46.0 Å². The highest BCUT2D eigenvalue weighted by atomic mass is 16.3. The summed E-state index contributed by atoms with van der Waals surface area (Å²) < 4.78 is 0. The van der Waals surface area contributed by atoms with Crippen molar-refractivity contribution in [3.8, 4) is 0 Å². The van der Waals surface area contributed by atoms with E-state index in [1.54, 1.807) is 0 Å². The van der Waals surface area contributed by atoms with E-state index >= 15 is 0 Å². The van der Waals surface area contributed by atoms with Crippen molar-refractivity contribution >= 4 is 5.91 Å². The second-order valence-corrected chi connectivity index (χ2v) is 4.72. The van der Waals surface area contributed by atoms with E-state index in [0.29, 0.717) is 5.92 Å². The van der Waals surface area contributed by atoms with Gasteiger partial charge in [-0.1, -0.05) is 6.92 Å². The summed E-state index contributed by atoms with van der Waals surface area (Å²) in [5.41, 5.74) is 0. The van der Waals surface area contributed by atoms with Crippen molar-refractivity contribution in [3.05, 3.63) is 0 Å². The molecule has 3 heteroatoms. The summed E-state index contributed by atoms with van der Waals surface area (Å²) in [5, 5.41) is 12.0. The van der Waals surface area contributed by atoms with Crippen LogP contribution in [-0.2, 0) is 4.79 Å². The number of aliphatic hydroxyl groups excluding tert-OH is 1. The molecule has 1 atom stereocenters. The zero-order valence-electron chi connectivity index (χ0n) is 9.83. The van der Waals surface area contributed by atoms with E-state index in [9.17, 15) is 4.79 Å². The number of carbonyl (C=O) groups excluding carboxylic acids is 1. The Labute approximate surface area is 92.3 Å². The highest BCUT2D eigenvalue weighted by Gasteiger charge is 2.26. The van der Waals surface area contributed by atoms with Crippen LogP contribution < -0.4 is 5.32 Å². The Balaban J connectivity index is 2.30. The van der Waals surface area contributed by atoms with Crippen LogP contribution in [0.15, 0.2) is 0 Å². The summed E-state index contributed by atoms with van der Waals surface area (Å²) in [5.74, 6) is 0.820. The highest BCUT2D eigenvalue weighted by Crippen LogP contribution is 2.28. The summed E-state index contributed by atoms with van der Waals surface area (Å²) in [6.07, 6.45) is 4.85. The Hall–Kier alpha value is -0.570. The molecule has 0 aromatic rings. The third-order valence-electron chi connectivity index (χ3n) is 3.48. The molecule has 1 rings (SSSR count). The molecule has 0 radical (unpaired) electrons. The Bertz CT molecular complexity index is 198. The van der Waals surface area contributed by atoms with Crippen LogP contribution in [0.25, 0.3) is 0 Å². The third-order valence-corrected chi connectivity index (χ3v) is 3.48. The van der Waals surface area contributed by atoms with Gasteiger partial charge in [-0.2, -0.15) is 0 Å². The summed E-state index contributed by atoms with van der Waals surface area (Å²) in [6.45, 7) is 4.39. The Morgan fingerprint density at radius 1 is 1.40 bits per heavy atom. The van der Waals surface area contributed by atoms with E-state index in [1.165, 1.54) is 0 Å². The van der Waals surface area contributed by atoms with Gasteiger partial charge in [0.1, 0.15) is 0 Å². The molecule has 15 heavy (non-hydrogen) atoms. The maximum Gasteiger partial charge on any atom is 0.223 e. The molecule has 1 aliphatic rings. The van der Waals surface area contributed by atoms with Crippen molar-refractivity contribution in [3.63, 3.8) is 0 Å². The molecule has 0 spiro atoms. The molecular formula is C12H23NO2. The minimum atomic E-state index is 0.182. The maximum atomic E-state index is 11.8. The molecule has 1 unspecified atom stereocenters. The molecule has 0 aromatic heterocycles. The van der Waals surface area contributed by atoms with Gasteiger partial charge >= 0.3 is 0 Å². The number of amides is 1. The monoisotopic (exact) mass is 213 g/mol. The summed E-state index contributed by atoms with van der Waals surface area (Å²) in [4.78, 5) is 11.8. The lowest BCUT2D eigenvalue weighted by molar-refractivity contribution is -0.127. The number of carbonyl (C=O) groups is 1. The summed E-state index contributed by atoms with van der Waals surface area (Å²) in [7, 11) is 0. The molecule has 3 nitrogen and oxygen atoms in total. The Morgan fingerprint density at radius 2 is 2.00 bits per heavy atom. The first-order chi connectivity index (χ1) is 7.17. The fourth-order valence-corrected chi connectivity index (χ4v) is 2.07. The van der Waals surface area contributed by atoms with Crippen LogP contribution in [0.4, 0.5) is 0 Å². The zero-order chi connectivity index (χ0) is 11.3. The van der Waals surface area contributed by atoms with Gasteiger partial charge in [0.2, 0.25) is 5.91 Å². The van der Waals surface area contributed by atoms with Gasteiger partial charge in [-0.05, 0) is 44.9 Å². The lowest BCUT2D eigenvalue weighted by Crippen LogP contribution is -2.38. The van der Waals surface area contributed by atoms with E-state index in [0.717, 1.165) is 32.1 Å². The fraction of sp³-hybridized carbons (Fsp3) is 0.917. The van der Waals surface area contributed by atoms with Crippen LogP contribution in [-0.4, -0.2) is 23.7 Å². The van der Waals surface area contributed by atoms with E-state index in [4.69, 9.17) is 5.11 Å². The summed E-state index contributed by atoms with van der Waals surface area (Å²) in [6, 6.07) is 0.285. The summed E-state index contributed by atoms with van der Waals surface area (Å²) >= 11 is 0. The molecule has 1 amide bonds. The number of nitrogens with one attached hydrogen (secondary N) is 1. The minimum absolute atomic E-state index is 0.182. The van der Waals surface area contributed by atoms with Gasteiger partial charge in [0.25, 0.3) is 0 Å². The van der Waals surface area contributed by atoms with E-state index in [1.807, 2.05) is 6.92 Å². The van der Waals surface area contributed by atoms with Crippen molar-refractivity contribution in [1.82, 2.24) is 5.32 Å². The Kier molecular flexibility index (Phi) is 5.09. The van der Waals surface area contributed by atoms with Gasteiger partial charge in [0.05, 0.1) is 0 Å². The van der Waals surface area contributed by atoms with Crippen molar-refractivity contribution in [2.24, 2.45) is 11.8 Å². The van der Waals surface area contributed by atoms with E-state index in [-0.39, 0.29) is 24.5 Å². The van der Waals surface area contributed by atoms with Crippen molar-refractivity contribution in [2.45, 2.75) is 52.0 Å². The fourth-order valence-electron chi connectivity index (χ4n) is 2.07. The second-order valence-electron chi connectivity index (χ2n) is 4.72. The lowest BCUT2D eigenvalue weighted by atomic mass is 9.82. The standard InChI is InChI=1S/C12H23NO2/c1-3-9(2)13-12(15)11-6-4-10(8-14)5-7-11/h9-11,14H,3-8H2,1-2H3,(H,13,15). The van der Waals surface area contributed by atoms with Gasteiger partial charge in [-0.15, -0.1) is 0 Å². The van der Waals surface area contributed by atoms with Gasteiger partial charge in [0, 0.05) is 18.6 Å². The predicted octanol–water partition coefficient (Wildman–Crippen LogP) is 1.70. The smallest absolute Gasteiger partial charge is 0.223 e. The number of hydrogen-bond acceptors (Lipinski definition) is 2. The number of rotatable bonds is 4. The SMILES string of the molecule is CCC(C)NC(=O)C1CCC(CO)CC1. The van der Waals surface area contributed by atoms with Gasteiger partial charge < -0.3 is 10.4 Å². The second kappa shape index (κ2) is 6.11. The molecule has 0 bridgehead atoms. The molecule has 2 N–H and O–H groups in total. The third kappa shape index (κ3) is 3.82. The van der Waals surface area contributed by atoms with Crippen LogP contribution in [0.3, 0.4) is 0 Å². The quantitative estimate of drug-likeness (QED) is 0.746. The van der Waals surface area contributed by atoms with E-state index < -0.39 is 0 Å². The van der Waals surface area contributed by atoms with Crippen LogP contribution in [0.5, 0.6) is 0 Å². The largest absolute Gasteiger partial charge is 0.396 e. The molecule has 88 valence electrons. The highest BCUT2D eigenvalue weighted by molar-refractivity contribution is 5.78. The predicted molar refractivity (Wildman–Crippen MR) is 60.4 cm³/mol. The zero-order valence-corrected chi connectivity index (χ0v) is 9.83. The average Bonchev–Trinajstić information content (AvgIpc) is 2.29. The molecule has 0 aromatic carbocycles. The molecule has 0 saturated heterocycles. The van der Waals surface area contributed by atoms with Crippen molar-refractivity contribution < 1.29 is 9.90 Å². The van der Waals surface area contributed by atoms with Gasteiger partial charge in [-0.25, -0.2) is 0 Å². The molecule has 0 aliphatic heterocycles. The number of aliphatic hydroxyl groups is 1. The van der Waals surface area contributed by atoms with Crippen LogP contribution in [0, 0.1) is 11.8 Å². The van der Waals surface area contributed by atoms with Crippen molar-refractivity contribution in [1.29, 1.82) is 0 Å². The maximum absolute atomic E-state index is 11.8. The first kappa shape index (κ1) is 12.5.